The zero-order valence-electron chi connectivity index (χ0n) is 13.6. The summed E-state index contributed by atoms with van der Waals surface area (Å²) < 4.78 is 16.8. The minimum absolute atomic E-state index is 0.360. The molecule has 0 saturated carbocycles. The molecule has 0 saturated heterocycles. The fraction of sp³-hybridized carbons (Fsp3) is 0.211. The van der Waals surface area contributed by atoms with E-state index in [1.807, 2.05) is 30.3 Å². The lowest BCUT2D eigenvalue weighted by Gasteiger charge is -2.13. The van der Waals surface area contributed by atoms with Crippen LogP contribution in [-0.2, 0) is 6.42 Å². The molecule has 2 aromatic rings. The minimum Gasteiger partial charge on any atom is -0.493 e. The van der Waals surface area contributed by atoms with Crippen molar-refractivity contribution in [1.29, 1.82) is 0 Å². The molecule has 0 atom stereocenters. The molecule has 5 heteroatoms. The van der Waals surface area contributed by atoms with E-state index in [2.05, 4.69) is 11.7 Å². The molecule has 0 fully saturated rings. The number of hydrogen-bond donors (Lipinski definition) is 1. The molecule has 0 bridgehead atoms. The molecule has 0 radical (unpaired) electrons. The molecule has 2 rings (SSSR count). The van der Waals surface area contributed by atoms with Gasteiger partial charge in [0.1, 0.15) is 19.0 Å². The standard InChI is InChI=1S/C19H21NO4/c1-3-6-16-7-4-5-8-17(16)23-11-12-24-19-13-15(14-20-21)9-10-18(19)22-2/h3-5,7-10,13-14,21H,1,6,11-12H2,2H3. The molecule has 1 N–H and O–H groups in total. The summed E-state index contributed by atoms with van der Waals surface area (Å²) in [5, 5.41) is 11.6. The summed E-state index contributed by atoms with van der Waals surface area (Å²) in [5.41, 5.74) is 1.80. The summed E-state index contributed by atoms with van der Waals surface area (Å²) in [5.74, 6) is 2.00. The Bertz CT molecular complexity index is 698. The van der Waals surface area contributed by atoms with Crippen LogP contribution in [0.25, 0.3) is 0 Å². The SMILES string of the molecule is C=CCc1ccccc1OCCOc1cc(C=NO)ccc1OC. The van der Waals surface area contributed by atoms with Gasteiger partial charge in [0.05, 0.1) is 13.3 Å². The largest absolute Gasteiger partial charge is 0.493 e. The van der Waals surface area contributed by atoms with E-state index in [9.17, 15) is 0 Å². The van der Waals surface area contributed by atoms with Gasteiger partial charge in [0.25, 0.3) is 0 Å². The van der Waals surface area contributed by atoms with E-state index in [4.69, 9.17) is 19.4 Å². The number of methoxy groups -OCH3 is 1. The zero-order valence-corrected chi connectivity index (χ0v) is 13.6. The van der Waals surface area contributed by atoms with Crippen LogP contribution < -0.4 is 14.2 Å². The number of rotatable bonds is 9. The molecule has 0 heterocycles. The van der Waals surface area contributed by atoms with E-state index < -0.39 is 0 Å². The Morgan fingerprint density at radius 3 is 2.50 bits per heavy atom. The van der Waals surface area contributed by atoms with E-state index in [1.54, 1.807) is 25.3 Å². The molecule has 5 nitrogen and oxygen atoms in total. The molecule has 126 valence electrons. The maximum atomic E-state index is 8.62. The highest BCUT2D eigenvalue weighted by molar-refractivity contribution is 5.80. The minimum atomic E-state index is 0.360. The van der Waals surface area contributed by atoms with Gasteiger partial charge in [-0.05, 0) is 36.2 Å². The van der Waals surface area contributed by atoms with Crippen LogP contribution in [0.5, 0.6) is 17.2 Å². The van der Waals surface area contributed by atoms with Gasteiger partial charge in [0.2, 0.25) is 0 Å². The topological polar surface area (TPSA) is 60.3 Å². The second kappa shape index (κ2) is 9.25. The van der Waals surface area contributed by atoms with Crippen molar-refractivity contribution in [2.75, 3.05) is 20.3 Å². The monoisotopic (exact) mass is 327 g/mol. The molecule has 0 aliphatic heterocycles. The third kappa shape index (κ3) is 4.78. The summed E-state index contributed by atoms with van der Waals surface area (Å²) in [4.78, 5) is 0. The summed E-state index contributed by atoms with van der Waals surface area (Å²) >= 11 is 0. The van der Waals surface area contributed by atoms with Crippen LogP contribution in [0.2, 0.25) is 0 Å². The predicted molar refractivity (Wildman–Crippen MR) is 93.7 cm³/mol. The van der Waals surface area contributed by atoms with Crippen molar-refractivity contribution >= 4 is 6.21 Å². The molecule has 0 aromatic heterocycles. The maximum absolute atomic E-state index is 8.62. The lowest BCUT2D eigenvalue weighted by atomic mass is 10.1. The Labute approximate surface area is 141 Å². The normalized spacial score (nSPS) is 10.5. The maximum Gasteiger partial charge on any atom is 0.161 e. The van der Waals surface area contributed by atoms with Gasteiger partial charge in [0.15, 0.2) is 11.5 Å². The second-order valence-corrected chi connectivity index (χ2v) is 4.95. The fourth-order valence-corrected chi connectivity index (χ4v) is 2.23. The smallest absolute Gasteiger partial charge is 0.161 e. The summed E-state index contributed by atoms with van der Waals surface area (Å²) in [7, 11) is 1.57. The molecule has 24 heavy (non-hydrogen) atoms. The van der Waals surface area contributed by atoms with Crippen LogP contribution in [0.3, 0.4) is 0 Å². The van der Waals surface area contributed by atoms with Gasteiger partial charge in [-0.3, -0.25) is 0 Å². The van der Waals surface area contributed by atoms with Gasteiger partial charge in [-0.2, -0.15) is 0 Å². The summed E-state index contributed by atoms with van der Waals surface area (Å²) in [6.07, 6.45) is 3.93. The highest BCUT2D eigenvalue weighted by atomic mass is 16.5. The van der Waals surface area contributed by atoms with Crippen LogP contribution in [0.15, 0.2) is 60.3 Å². The van der Waals surface area contributed by atoms with E-state index in [0.717, 1.165) is 17.7 Å². The van der Waals surface area contributed by atoms with Crippen molar-refractivity contribution < 1.29 is 19.4 Å². The fourth-order valence-electron chi connectivity index (χ4n) is 2.23. The Morgan fingerprint density at radius 1 is 1.04 bits per heavy atom. The van der Waals surface area contributed by atoms with Crippen LogP contribution in [0.4, 0.5) is 0 Å². The van der Waals surface area contributed by atoms with Gasteiger partial charge >= 0.3 is 0 Å². The van der Waals surface area contributed by atoms with E-state index in [1.165, 1.54) is 6.21 Å². The third-order valence-corrected chi connectivity index (χ3v) is 3.33. The van der Waals surface area contributed by atoms with Gasteiger partial charge in [-0.15, -0.1) is 6.58 Å². The Morgan fingerprint density at radius 2 is 1.79 bits per heavy atom. The van der Waals surface area contributed by atoms with Crippen LogP contribution in [-0.4, -0.2) is 31.7 Å². The first kappa shape index (κ1) is 17.4. The second-order valence-electron chi connectivity index (χ2n) is 4.95. The molecule has 0 spiro atoms. The van der Waals surface area contributed by atoms with Crippen molar-refractivity contribution in [2.45, 2.75) is 6.42 Å². The lowest BCUT2D eigenvalue weighted by Crippen LogP contribution is -2.10. The average molecular weight is 327 g/mol. The highest BCUT2D eigenvalue weighted by Crippen LogP contribution is 2.27. The number of hydrogen-bond acceptors (Lipinski definition) is 5. The first-order valence-electron chi connectivity index (χ1n) is 7.58. The van der Waals surface area contributed by atoms with E-state index in [-0.39, 0.29) is 0 Å². The van der Waals surface area contributed by atoms with Crippen LogP contribution in [0, 0.1) is 0 Å². The highest BCUT2D eigenvalue weighted by Gasteiger charge is 2.06. The molecule has 2 aromatic carbocycles. The molecular weight excluding hydrogens is 306 g/mol. The van der Waals surface area contributed by atoms with Gasteiger partial charge in [-0.25, -0.2) is 0 Å². The third-order valence-electron chi connectivity index (χ3n) is 3.33. The number of allylic oxidation sites excluding steroid dienone is 1. The summed E-state index contributed by atoms with van der Waals surface area (Å²) in [6, 6.07) is 13.1. The lowest BCUT2D eigenvalue weighted by molar-refractivity contribution is 0.210. The Hall–Kier alpha value is -2.95. The van der Waals surface area contributed by atoms with Crippen molar-refractivity contribution in [3.8, 4) is 17.2 Å². The Balaban J connectivity index is 1.95. The van der Waals surface area contributed by atoms with Crippen molar-refractivity contribution in [2.24, 2.45) is 5.16 Å². The number of oxime groups is 1. The quantitative estimate of drug-likeness (QED) is 0.251. The molecule has 0 amide bonds. The van der Waals surface area contributed by atoms with Gasteiger partial charge in [0, 0.05) is 5.56 Å². The van der Waals surface area contributed by atoms with Crippen molar-refractivity contribution in [3.05, 3.63) is 66.2 Å². The van der Waals surface area contributed by atoms with Crippen LogP contribution >= 0.6 is 0 Å². The number of ether oxygens (including phenoxy) is 3. The predicted octanol–water partition coefficient (Wildman–Crippen LogP) is 3.69. The van der Waals surface area contributed by atoms with Crippen molar-refractivity contribution in [3.63, 3.8) is 0 Å². The molecule has 0 aliphatic rings. The molecule has 0 unspecified atom stereocenters. The van der Waals surface area contributed by atoms with Gasteiger partial charge < -0.3 is 19.4 Å². The Kier molecular flexibility index (Phi) is 6.71. The zero-order chi connectivity index (χ0) is 17.2. The van der Waals surface area contributed by atoms with Crippen LogP contribution in [0.1, 0.15) is 11.1 Å². The van der Waals surface area contributed by atoms with Gasteiger partial charge in [-0.1, -0.05) is 29.4 Å². The number of para-hydroxylation sites is 1. The number of nitrogens with zero attached hydrogens (tertiary/aromatic N) is 1. The molecular formula is C19H21NO4. The first-order chi connectivity index (χ1) is 11.8. The average Bonchev–Trinajstić information content (AvgIpc) is 2.61. The van der Waals surface area contributed by atoms with Crippen molar-refractivity contribution in [1.82, 2.24) is 0 Å². The number of benzene rings is 2. The van der Waals surface area contributed by atoms with E-state index in [0.29, 0.717) is 30.3 Å². The molecule has 0 aliphatic carbocycles. The first-order valence-corrected chi connectivity index (χ1v) is 7.58. The summed E-state index contributed by atoms with van der Waals surface area (Å²) in [6.45, 7) is 4.51. The van der Waals surface area contributed by atoms with E-state index >= 15 is 0 Å².